The fourth-order valence-electron chi connectivity index (χ4n) is 3.73. The van der Waals surface area contributed by atoms with Crippen molar-refractivity contribution in [3.8, 4) is 0 Å². The Labute approximate surface area is 163 Å². The Morgan fingerprint density at radius 2 is 1.74 bits per heavy atom. The lowest BCUT2D eigenvalue weighted by Gasteiger charge is -2.35. The summed E-state index contributed by atoms with van der Waals surface area (Å²) < 4.78 is 0. The Kier molecular flexibility index (Phi) is 6.30. The Bertz CT molecular complexity index is 753. The van der Waals surface area contributed by atoms with Crippen molar-refractivity contribution in [1.82, 2.24) is 9.80 Å². The Morgan fingerprint density at radius 3 is 2.41 bits per heavy atom. The van der Waals surface area contributed by atoms with Gasteiger partial charge in [0.25, 0.3) is 0 Å². The third kappa shape index (κ3) is 4.57. The van der Waals surface area contributed by atoms with Crippen LogP contribution in [0.4, 0.5) is 5.69 Å². The zero-order chi connectivity index (χ0) is 19.3. The standard InChI is InChI=1S/C23H31N3O/c1-23(25(2)3,20-12-6-4-7-13-20)22(27)24-21-14-10-11-19(17-21)18-26-15-8-5-9-16-26/h4,6-7,10-14,17H,5,8-9,15-16,18H2,1-3H3,(H,24,27). The molecular weight excluding hydrogens is 334 g/mol. The molecule has 0 aromatic heterocycles. The number of nitrogens with zero attached hydrogens (tertiary/aromatic N) is 2. The number of anilines is 1. The minimum atomic E-state index is -0.732. The molecule has 1 unspecified atom stereocenters. The summed E-state index contributed by atoms with van der Waals surface area (Å²) in [5.41, 5.74) is 2.36. The fourth-order valence-corrected chi connectivity index (χ4v) is 3.73. The first-order chi connectivity index (χ1) is 13.0. The molecule has 0 spiro atoms. The minimum Gasteiger partial charge on any atom is -0.324 e. The van der Waals surface area contributed by atoms with E-state index in [0.29, 0.717) is 0 Å². The molecule has 1 fully saturated rings. The molecule has 1 heterocycles. The maximum Gasteiger partial charge on any atom is 0.249 e. The number of likely N-dealkylation sites (N-methyl/N-ethyl adjacent to an activating group) is 1. The number of hydrogen-bond acceptors (Lipinski definition) is 3. The van der Waals surface area contributed by atoms with Crippen LogP contribution in [0, 0.1) is 0 Å². The van der Waals surface area contributed by atoms with Gasteiger partial charge < -0.3 is 5.32 Å². The van der Waals surface area contributed by atoms with Gasteiger partial charge in [0.15, 0.2) is 0 Å². The highest BCUT2D eigenvalue weighted by Crippen LogP contribution is 2.28. The predicted molar refractivity (Wildman–Crippen MR) is 112 cm³/mol. The van der Waals surface area contributed by atoms with Gasteiger partial charge in [-0.1, -0.05) is 48.9 Å². The number of amides is 1. The second-order valence-corrected chi connectivity index (χ2v) is 7.82. The highest BCUT2D eigenvalue weighted by molar-refractivity contribution is 5.98. The van der Waals surface area contributed by atoms with Crippen LogP contribution >= 0.6 is 0 Å². The van der Waals surface area contributed by atoms with E-state index in [4.69, 9.17) is 0 Å². The van der Waals surface area contributed by atoms with Crippen LogP contribution < -0.4 is 5.32 Å². The van der Waals surface area contributed by atoms with Gasteiger partial charge in [0, 0.05) is 12.2 Å². The van der Waals surface area contributed by atoms with Crippen LogP contribution in [-0.4, -0.2) is 42.9 Å². The van der Waals surface area contributed by atoms with Gasteiger partial charge in [-0.25, -0.2) is 0 Å². The first kappa shape index (κ1) is 19.6. The van der Waals surface area contributed by atoms with Gasteiger partial charge in [0.2, 0.25) is 5.91 Å². The number of carbonyl (C=O) groups is 1. The van der Waals surface area contributed by atoms with Crippen molar-refractivity contribution < 1.29 is 4.79 Å². The van der Waals surface area contributed by atoms with Crippen LogP contribution in [0.1, 0.15) is 37.3 Å². The molecule has 0 saturated carbocycles. The molecular formula is C23H31N3O. The molecule has 4 nitrogen and oxygen atoms in total. The molecule has 144 valence electrons. The van der Waals surface area contributed by atoms with E-state index < -0.39 is 5.54 Å². The van der Waals surface area contributed by atoms with Gasteiger partial charge in [-0.2, -0.15) is 0 Å². The number of benzene rings is 2. The largest absolute Gasteiger partial charge is 0.324 e. The molecule has 4 heteroatoms. The predicted octanol–water partition coefficient (Wildman–Crippen LogP) is 4.09. The molecule has 1 aliphatic rings. The van der Waals surface area contributed by atoms with E-state index in [-0.39, 0.29) is 5.91 Å². The summed E-state index contributed by atoms with van der Waals surface area (Å²) >= 11 is 0. The normalized spacial score (nSPS) is 17.5. The van der Waals surface area contributed by atoms with E-state index in [9.17, 15) is 4.79 Å². The van der Waals surface area contributed by atoms with Crippen molar-refractivity contribution in [3.05, 3.63) is 65.7 Å². The van der Waals surface area contributed by atoms with E-state index in [2.05, 4.69) is 22.3 Å². The molecule has 0 bridgehead atoms. The molecule has 2 aromatic rings. The maximum absolute atomic E-state index is 13.2. The Balaban J connectivity index is 1.75. The van der Waals surface area contributed by atoms with Crippen LogP contribution in [0.2, 0.25) is 0 Å². The third-order valence-electron chi connectivity index (χ3n) is 5.71. The summed E-state index contributed by atoms with van der Waals surface area (Å²) in [5, 5.41) is 3.14. The van der Waals surface area contributed by atoms with Crippen LogP contribution in [0.15, 0.2) is 54.6 Å². The van der Waals surface area contributed by atoms with Crippen LogP contribution in [0.25, 0.3) is 0 Å². The molecule has 1 saturated heterocycles. The number of piperidine rings is 1. The number of nitrogens with one attached hydrogen (secondary N) is 1. The van der Waals surface area contributed by atoms with Crippen molar-refractivity contribution in [2.75, 3.05) is 32.5 Å². The van der Waals surface area contributed by atoms with Crippen molar-refractivity contribution in [3.63, 3.8) is 0 Å². The smallest absolute Gasteiger partial charge is 0.249 e. The first-order valence-corrected chi connectivity index (χ1v) is 9.86. The molecule has 1 amide bonds. The molecule has 0 aliphatic carbocycles. The highest BCUT2D eigenvalue weighted by Gasteiger charge is 2.37. The van der Waals surface area contributed by atoms with Crippen molar-refractivity contribution in [1.29, 1.82) is 0 Å². The summed E-state index contributed by atoms with van der Waals surface area (Å²) in [6.45, 7) is 5.26. The molecule has 3 rings (SSSR count). The fraction of sp³-hybridized carbons (Fsp3) is 0.435. The highest BCUT2D eigenvalue weighted by atomic mass is 16.2. The van der Waals surface area contributed by atoms with Gasteiger partial charge in [0.1, 0.15) is 5.54 Å². The summed E-state index contributed by atoms with van der Waals surface area (Å²) in [6.07, 6.45) is 3.92. The van der Waals surface area contributed by atoms with Crippen molar-refractivity contribution in [2.24, 2.45) is 0 Å². The lowest BCUT2D eigenvalue weighted by atomic mass is 9.89. The Morgan fingerprint density at radius 1 is 1.04 bits per heavy atom. The number of likely N-dealkylation sites (tertiary alicyclic amines) is 1. The van der Waals surface area contributed by atoms with Crippen molar-refractivity contribution >= 4 is 11.6 Å². The topological polar surface area (TPSA) is 35.6 Å². The molecule has 1 atom stereocenters. The van der Waals surface area contributed by atoms with Crippen LogP contribution in [0.3, 0.4) is 0 Å². The maximum atomic E-state index is 13.2. The monoisotopic (exact) mass is 365 g/mol. The van der Waals surface area contributed by atoms with E-state index in [1.165, 1.54) is 37.9 Å². The van der Waals surface area contributed by atoms with E-state index in [0.717, 1.165) is 17.8 Å². The molecule has 0 radical (unpaired) electrons. The van der Waals surface area contributed by atoms with Gasteiger partial charge in [-0.05, 0) is 70.2 Å². The summed E-state index contributed by atoms with van der Waals surface area (Å²) in [7, 11) is 3.89. The zero-order valence-electron chi connectivity index (χ0n) is 16.7. The molecule has 2 aromatic carbocycles. The SMILES string of the molecule is CN(C)C(C)(C(=O)Nc1cccc(CN2CCCCC2)c1)c1ccccc1. The quantitative estimate of drug-likeness (QED) is 0.837. The average Bonchev–Trinajstić information content (AvgIpc) is 2.69. The summed E-state index contributed by atoms with van der Waals surface area (Å²) in [6, 6.07) is 18.2. The lowest BCUT2D eigenvalue weighted by Crippen LogP contribution is -2.48. The zero-order valence-corrected chi connectivity index (χ0v) is 16.7. The lowest BCUT2D eigenvalue weighted by molar-refractivity contribution is -0.126. The first-order valence-electron chi connectivity index (χ1n) is 9.86. The molecule has 1 aliphatic heterocycles. The Hall–Kier alpha value is -2.17. The number of carbonyl (C=O) groups excluding carboxylic acids is 1. The van der Waals surface area contributed by atoms with Gasteiger partial charge in [0.05, 0.1) is 0 Å². The van der Waals surface area contributed by atoms with Crippen molar-refractivity contribution in [2.45, 2.75) is 38.3 Å². The second kappa shape index (κ2) is 8.68. The third-order valence-corrected chi connectivity index (χ3v) is 5.71. The summed E-state index contributed by atoms with van der Waals surface area (Å²) in [4.78, 5) is 17.7. The number of rotatable bonds is 6. The second-order valence-electron chi connectivity index (χ2n) is 7.82. The van der Waals surface area contributed by atoms with Crippen LogP contribution in [0.5, 0.6) is 0 Å². The van der Waals surface area contributed by atoms with E-state index >= 15 is 0 Å². The van der Waals surface area contributed by atoms with Gasteiger partial charge in [-0.3, -0.25) is 14.6 Å². The van der Waals surface area contributed by atoms with E-state index in [1.54, 1.807) is 0 Å². The van der Waals surface area contributed by atoms with Crippen LogP contribution in [-0.2, 0) is 16.9 Å². The van der Waals surface area contributed by atoms with E-state index in [1.807, 2.05) is 68.4 Å². The average molecular weight is 366 g/mol. The minimum absolute atomic E-state index is 0.0196. The number of hydrogen-bond donors (Lipinski definition) is 1. The van der Waals surface area contributed by atoms with Gasteiger partial charge >= 0.3 is 0 Å². The van der Waals surface area contributed by atoms with Gasteiger partial charge in [-0.15, -0.1) is 0 Å². The summed E-state index contributed by atoms with van der Waals surface area (Å²) in [5.74, 6) is -0.0196. The molecule has 1 N–H and O–H groups in total. The molecule has 27 heavy (non-hydrogen) atoms.